The Morgan fingerprint density at radius 2 is 1.29 bits per heavy atom. The van der Waals surface area contributed by atoms with Crippen molar-refractivity contribution in [3.63, 3.8) is 0 Å². The molecule has 0 aliphatic carbocycles. The second-order valence-electron chi connectivity index (χ2n) is 9.09. The van der Waals surface area contributed by atoms with Gasteiger partial charge in [0.15, 0.2) is 0 Å². The first-order chi connectivity index (χ1) is 16.2. The van der Waals surface area contributed by atoms with Crippen LogP contribution in [0.3, 0.4) is 0 Å². The van der Waals surface area contributed by atoms with Gasteiger partial charge in [-0.1, -0.05) is 31.9 Å². The van der Waals surface area contributed by atoms with E-state index in [4.69, 9.17) is 5.73 Å². The fourth-order valence-corrected chi connectivity index (χ4v) is 4.92. The molecule has 8 nitrogen and oxygen atoms in total. The van der Waals surface area contributed by atoms with Crippen molar-refractivity contribution in [3.8, 4) is 0 Å². The molecule has 2 saturated heterocycles. The lowest BCUT2D eigenvalue weighted by Crippen LogP contribution is -2.36. The third-order valence-corrected chi connectivity index (χ3v) is 7.31. The number of benzene rings is 2. The van der Waals surface area contributed by atoms with Gasteiger partial charge in [-0.05, 0) is 96.3 Å². The van der Waals surface area contributed by atoms with E-state index in [2.05, 4.69) is 66.4 Å². The molecule has 0 atom stereocenters. The zero-order valence-corrected chi connectivity index (χ0v) is 22.9. The number of nitrogen functional groups attached to an aromatic ring is 1. The van der Waals surface area contributed by atoms with E-state index < -0.39 is 0 Å². The molecule has 0 amide bonds. The number of hydrogen-bond acceptors (Lipinski definition) is 7. The minimum atomic E-state index is -0.345. The fraction of sp³-hybridized carbons (Fsp3) is 0.500. The summed E-state index contributed by atoms with van der Waals surface area (Å²) in [5.74, 6) is 0. The summed E-state index contributed by atoms with van der Waals surface area (Å²) in [6.07, 6.45) is 4.41. The molecule has 186 valence electrons. The van der Waals surface area contributed by atoms with E-state index in [9.17, 15) is 10.1 Å². The quantitative estimate of drug-likeness (QED) is 0.241. The van der Waals surface area contributed by atoms with Crippen molar-refractivity contribution in [2.45, 2.75) is 37.8 Å². The molecule has 34 heavy (non-hydrogen) atoms. The van der Waals surface area contributed by atoms with Crippen molar-refractivity contribution >= 4 is 54.6 Å². The standard InChI is InChI=1S/C12H16BrN3O2.C12H18BrN3/c1-15-6-4-10(5-7-15)14-11-3-2-9(13)8-12(11)16(17)18;1-16-6-4-10(5-7-16)15-12-3-2-9(13)8-11(12)14/h2-3,8,10,14H,4-7H2,1H3;2-3,8,10,15H,4-7,14H2,1H3. The third-order valence-electron chi connectivity index (χ3n) is 6.33. The number of nitrogens with zero attached hydrogens (tertiary/aromatic N) is 3. The van der Waals surface area contributed by atoms with Gasteiger partial charge in [-0.15, -0.1) is 0 Å². The van der Waals surface area contributed by atoms with Gasteiger partial charge in [0.1, 0.15) is 5.69 Å². The molecular weight excluding hydrogens is 564 g/mol. The maximum atomic E-state index is 11.0. The minimum Gasteiger partial charge on any atom is -0.397 e. The van der Waals surface area contributed by atoms with Gasteiger partial charge in [-0.25, -0.2) is 0 Å². The largest absolute Gasteiger partial charge is 0.397 e. The molecule has 4 N–H and O–H groups in total. The average molecular weight is 598 g/mol. The fourth-order valence-electron chi connectivity index (χ4n) is 4.19. The second-order valence-corrected chi connectivity index (χ2v) is 10.9. The summed E-state index contributed by atoms with van der Waals surface area (Å²) >= 11 is 6.67. The Balaban J connectivity index is 0.000000192. The van der Waals surface area contributed by atoms with Crippen LogP contribution in [0.15, 0.2) is 45.3 Å². The Hall–Kier alpha value is -1.88. The molecule has 2 fully saturated rings. The number of halogens is 2. The second kappa shape index (κ2) is 12.7. The number of piperidine rings is 2. The van der Waals surface area contributed by atoms with Gasteiger partial charge < -0.3 is 26.2 Å². The molecular formula is C24H34Br2N6O2. The van der Waals surface area contributed by atoms with Crippen molar-refractivity contribution in [1.29, 1.82) is 0 Å². The van der Waals surface area contributed by atoms with Crippen LogP contribution in [0.1, 0.15) is 25.7 Å². The van der Waals surface area contributed by atoms with Gasteiger partial charge in [0.25, 0.3) is 5.69 Å². The summed E-state index contributed by atoms with van der Waals surface area (Å²) < 4.78 is 1.75. The zero-order chi connectivity index (χ0) is 24.7. The van der Waals surface area contributed by atoms with E-state index >= 15 is 0 Å². The molecule has 0 bridgehead atoms. The van der Waals surface area contributed by atoms with Crippen molar-refractivity contribution in [2.75, 3.05) is 56.6 Å². The summed E-state index contributed by atoms with van der Waals surface area (Å²) in [6, 6.07) is 12.0. The van der Waals surface area contributed by atoms with Crippen LogP contribution in [0, 0.1) is 10.1 Å². The number of likely N-dealkylation sites (tertiary alicyclic amines) is 2. The summed E-state index contributed by atoms with van der Waals surface area (Å²) in [5, 5.41) is 17.8. The Labute approximate surface area is 218 Å². The molecule has 0 unspecified atom stereocenters. The van der Waals surface area contributed by atoms with Crippen LogP contribution >= 0.6 is 31.9 Å². The third kappa shape index (κ3) is 8.11. The number of rotatable bonds is 5. The highest BCUT2D eigenvalue weighted by molar-refractivity contribution is 9.10. The number of hydrogen-bond donors (Lipinski definition) is 3. The van der Waals surface area contributed by atoms with E-state index in [1.807, 2.05) is 24.3 Å². The monoisotopic (exact) mass is 596 g/mol. The molecule has 10 heteroatoms. The van der Waals surface area contributed by atoms with Gasteiger partial charge in [0, 0.05) is 27.1 Å². The predicted octanol–water partition coefficient (Wildman–Crippen LogP) is 5.40. The molecule has 2 heterocycles. The minimum absolute atomic E-state index is 0.128. The Morgan fingerprint density at radius 3 is 1.76 bits per heavy atom. The maximum absolute atomic E-state index is 11.0. The van der Waals surface area contributed by atoms with E-state index in [1.165, 1.54) is 18.9 Å². The van der Waals surface area contributed by atoms with Crippen LogP contribution in [-0.4, -0.2) is 67.1 Å². The highest BCUT2D eigenvalue weighted by atomic mass is 79.9. The maximum Gasteiger partial charge on any atom is 0.293 e. The highest BCUT2D eigenvalue weighted by Gasteiger charge is 2.21. The lowest BCUT2D eigenvalue weighted by atomic mass is 10.1. The highest BCUT2D eigenvalue weighted by Crippen LogP contribution is 2.30. The molecule has 2 aromatic carbocycles. The van der Waals surface area contributed by atoms with Crippen LogP contribution < -0.4 is 16.4 Å². The molecule has 0 aromatic heterocycles. The first-order valence-electron chi connectivity index (χ1n) is 11.6. The van der Waals surface area contributed by atoms with Crippen molar-refractivity contribution in [3.05, 3.63) is 55.5 Å². The van der Waals surface area contributed by atoms with Gasteiger partial charge in [-0.2, -0.15) is 0 Å². The summed E-state index contributed by atoms with van der Waals surface area (Å²) in [4.78, 5) is 15.3. The number of nitrogens with two attached hydrogens (primary N) is 1. The summed E-state index contributed by atoms with van der Waals surface area (Å²) in [6.45, 7) is 4.38. The average Bonchev–Trinajstić information content (AvgIpc) is 2.80. The Bertz CT molecular complexity index is 960. The normalized spacial score (nSPS) is 18.1. The molecule has 0 spiro atoms. The van der Waals surface area contributed by atoms with E-state index in [0.29, 0.717) is 17.8 Å². The molecule has 2 aliphatic heterocycles. The van der Waals surface area contributed by atoms with Crippen LogP contribution in [0.2, 0.25) is 0 Å². The van der Waals surface area contributed by atoms with Crippen molar-refractivity contribution in [2.24, 2.45) is 0 Å². The van der Waals surface area contributed by atoms with E-state index in [1.54, 1.807) is 6.07 Å². The lowest BCUT2D eigenvalue weighted by molar-refractivity contribution is -0.384. The first kappa shape index (κ1) is 26.7. The molecule has 0 saturated carbocycles. The van der Waals surface area contributed by atoms with Crippen LogP contribution in [0.4, 0.5) is 22.7 Å². The first-order valence-corrected chi connectivity index (χ1v) is 13.2. The zero-order valence-electron chi connectivity index (χ0n) is 19.8. The van der Waals surface area contributed by atoms with Gasteiger partial charge in [-0.3, -0.25) is 10.1 Å². The smallest absolute Gasteiger partial charge is 0.293 e. The summed E-state index contributed by atoms with van der Waals surface area (Å²) in [7, 11) is 4.27. The number of nitro benzene ring substituents is 1. The van der Waals surface area contributed by atoms with Crippen LogP contribution in [0.5, 0.6) is 0 Å². The molecule has 0 radical (unpaired) electrons. The Morgan fingerprint density at radius 1 is 0.853 bits per heavy atom. The Kier molecular flexibility index (Phi) is 9.99. The van der Waals surface area contributed by atoms with E-state index in [-0.39, 0.29) is 10.6 Å². The predicted molar refractivity (Wildman–Crippen MR) is 148 cm³/mol. The lowest BCUT2D eigenvalue weighted by Gasteiger charge is -2.30. The topological polar surface area (TPSA) is 99.7 Å². The van der Waals surface area contributed by atoms with E-state index in [0.717, 1.165) is 59.3 Å². The van der Waals surface area contributed by atoms with Gasteiger partial charge >= 0.3 is 0 Å². The molecule has 4 rings (SSSR count). The summed E-state index contributed by atoms with van der Waals surface area (Å²) in [5.41, 5.74) is 8.57. The SMILES string of the molecule is CN1CCC(Nc2ccc(Br)cc2N)CC1.CN1CCC(Nc2ccc(Br)cc2[N+](=O)[O-])CC1. The van der Waals surface area contributed by atoms with Gasteiger partial charge in [0.2, 0.25) is 0 Å². The molecule has 2 aliphatic rings. The van der Waals surface area contributed by atoms with Crippen LogP contribution in [0.25, 0.3) is 0 Å². The van der Waals surface area contributed by atoms with Gasteiger partial charge in [0.05, 0.1) is 16.3 Å². The number of anilines is 3. The van der Waals surface area contributed by atoms with Crippen molar-refractivity contribution < 1.29 is 4.92 Å². The van der Waals surface area contributed by atoms with Crippen molar-refractivity contribution in [1.82, 2.24) is 9.80 Å². The number of nitro groups is 1. The number of nitrogens with one attached hydrogen (secondary N) is 2. The molecule has 2 aromatic rings. The van der Waals surface area contributed by atoms with Crippen LogP contribution in [-0.2, 0) is 0 Å².